The van der Waals surface area contributed by atoms with Gasteiger partial charge >= 0.3 is 6.36 Å². The van der Waals surface area contributed by atoms with Crippen molar-refractivity contribution in [1.29, 1.82) is 0 Å². The first-order chi connectivity index (χ1) is 9.53. The van der Waals surface area contributed by atoms with Gasteiger partial charge < -0.3 is 4.74 Å². The van der Waals surface area contributed by atoms with Crippen molar-refractivity contribution < 1.29 is 17.9 Å². The predicted molar refractivity (Wildman–Crippen MR) is 73.9 cm³/mol. The second-order valence-corrected chi connectivity index (χ2v) is 5.16. The van der Waals surface area contributed by atoms with Crippen LogP contribution in [0.25, 0.3) is 21.2 Å². The molecule has 3 rings (SSSR count). The molecule has 0 saturated carbocycles. The highest BCUT2D eigenvalue weighted by molar-refractivity contribution is 7.17. The molecule has 0 bridgehead atoms. The Morgan fingerprint density at radius 2 is 1.65 bits per heavy atom. The fourth-order valence-corrected chi connectivity index (χ4v) is 2.89. The Kier molecular flexibility index (Phi) is 3.14. The maximum Gasteiger partial charge on any atom is 0.573 e. The Morgan fingerprint density at radius 3 is 2.35 bits per heavy atom. The van der Waals surface area contributed by atoms with E-state index in [-0.39, 0.29) is 5.75 Å². The van der Waals surface area contributed by atoms with Gasteiger partial charge in [-0.05, 0) is 40.8 Å². The van der Waals surface area contributed by atoms with Crippen molar-refractivity contribution in [3.8, 4) is 16.9 Å². The van der Waals surface area contributed by atoms with Gasteiger partial charge in [0, 0.05) is 10.1 Å². The van der Waals surface area contributed by atoms with Crippen molar-refractivity contribution in [2.45, 2.75) is 6.36 Å². The fraction of sp³-hybridized carbons (Fsp3) is 0.0667. The second-order valence-electron chi connectivity index (χ2n) is 4.21. The van der Waals surface area contributed by atoms with Gasteiger partial charge in [0.05, 0.1) is 0 Å². The predicted octanol–water partition coefficient (Wildman–Crippen LogP) is 5.47. The number of thiophene rings is 1. The normalized spacial score (nSPS) is 11.8. The lowest BCUT2D eigenvalue weighted by Crippen LogP contribution is -2.16. The Bertz CT molecular complexity index is 729. The first-order valence-corrected chi connectivity index (χ1v) is 6.73. The molecule has 2 aromatic carbocycles. The molecule has 0 aliphatic rings. The van der Waals surface area contributed by atoms with E-state index in [0.29, 0.717) is 0 Å². The highest BCUT2D eigenvalue weighted by atomic mass is 32.1. The molecule has 0 aliphatic carbocycles. The van der Waals surface area contributed by atoms with Gasteiger partial charge in [-0.1, -0.05) is 24.3 Å². The molecule has 1 aromatic heterocycles. The summed E-state index contributed by atoms with van der Waals surface area (Å²) in [5.41, 5.74) is 1.87. The lowest BCUT2D eigenvalue weighted by atomic mass is 10.0. The van der Waals surface area contributed by atoms with E-state index in [1.54, 1.807) is 23.5 Å². The van der Waals surface area contributed by atoms with Crippen molar-refractivity contribution >= 4 is 21.4 Å². The summed E-state index contributed by atoms with van der Waals surface area (Å²) in [7, 11) is 0. The summed E-state index contributed by atoms with van der Waals surface area (Å²) < 4.78 is 41.3. The van der Waals surface area contributed by atoms with Gasteiger partial charge in [0.15, 0.2) is 0 Å². The van der Waals surface area contributed by atoms with Gasteiger partial charge in [-0.15, -0.1) is 24.5 Å². The van der Waals surface area contributed by atoms with Crippen LogP contribution in [0.4, 0.5) is 13.2 Å². The van der Waals surface area contributed by atoms with Crippen molar-refractivity contribution in [2.24, 2.45) is 0 Å². The summed E-state index contributed by atoms with van der Waals surface area (Å²) in [5, 5.41) is 3.09. The Morgan fingerprint density at radius 1 is 0.900 bits per heavy atom. The van der Waals surface area contributed by atoms with Crippen molar-refractivity contribution in [2.75, 3.05) is 0 Å². The van der Waals surface area contributed by atoms with Gasteiger partial charge in [-0.25, -0.2) is 0 Å². The molecule has 1 heterocycles. The van der Waals surface area contributed by atoms with Crippen LogP contribution in [-0.2, 0) is 0 Å². The molecular formula is C15H9F3OS. The molecule has 102 valence electrons. The molecular weight excluding hydrogens is 285 g/mol. The number of rotatable bonds is 2. The van der Waals surface area contributed by atoms with E-state index in [4.69, 9.17) is 0 Å². The minimum Gasteiger partial charge on any atom is -0.406 e. The van der Waals surface area contributed by atoms with Crippen LogP contribution in [0.5, 0.6) is 5.75 Å². The zero-order chi connectivity index (χ0) is 14.2. The molecule has 0 atom stereocenters. The summed E-state index contributed by atoms with van der Waals surface area (Å²) in [6.45, 7) is 0. The van der Waals surface area contributed by atoms with Crippen LogP contribution in [0.3, 0.4) is 0 Å². The molecule has 3 aromatic rings. The van der Waals surface area contributed by atoms with E-state index >= 15 is 0 Å². The summed E-state index contributed by atoms with van der Waals surface area (Å²) >= 11 is 1.63. The van der Waals surface area contributed by atoms with Crippen LogP contribution in [0.1, 0.15) is 0 Å². The van der Waals surface area contributed by atoms with Crippen LogP contribution in [0, 0.1) is 0 Å². The van der Waals surface area contributed by atoms with E-state index in [2.05, 4.69) is 4.74 Å². The van der Waals surface area contributed by atoms with Crippen LogP contribution in [0.15, 0.2) is 53.9 Å². The van der Waals surface area contributed by atoms with E-state index in [1.807, 2.05) is 29.6 Å². The summed E-state index contributed by atoms with van der Waals surface area (Å²) in [6.07, 6.45) is -4.66. The zero-order valence-electron chi connectivity index (χ0n) is 10.1. The summed E-state index contributed by atoms with van der Waals surface area (Å²) in [4.78, 5) is 0. The molecule has 0 amide bonds. The highest BCUT2D eigenvalue weighted by Crippen LogP contribution is 2.33. The quantitative estimate of drug-likeness (QED) is 0.609. The maximum absolute atomic E-state index is 12.1. The second kappa shape index (κ2) is 4.83. The zero-order valence-corrected chi connectivity index (χ0v) is 11.0. The Hall–Kier alpha value is -2.01. The number of alkyl halides is 3. The van der Waals surface area contributed by atoms with Gasteiger partial charge in [-0.3, -0.25) is 0 Å². The fourth-order valence-electron chi connectivity index (χ4n) is 2.08. The maximum atomic E-state index is 12.1. The number of ether oxygens (including phenoxy) is 1. The van der Waals surface area contributed by atoms with Gasteiger partial charge in [0.2, 0.25) is 0 Å². The van der Waals surface area contributed by atoms with Crippen molar-refractivity contribution in [3.63, 3.8) is 0 Å². The molecule has 0 N–H and O–H groups in total. The van der Waals surface area contributed by atoms with Crippen LogP contribution < -0.4 is 4.74 Å². The largest absolute Gasteiger partial charge is 0.573 e. The minimum absolute atomic E-state index is 0.209. The third-order valence-electron chi connectivity index (χ3n) is 2.89. The molecule has 0 aliphatic heterocycles. The van der Waals surface area contributed by atoms with Gasteiger partial charge in [-0.2, -0.15) is 0 Å². The standard InChI is InChI=1S/C15H9F3OS/c16-15(17,18)19-11-6-4-10(5-7-11)12-2-1-3-14-13(12)8-9-20-14/h1-9H. The SMILES string of the molecule is FC(F)(F)Oc1ccc(-c2cccc3sccc23)cc1. The molecule has 20 heavy (non-hydrogen) atoms. The van der Waals surface area contributed by atoms with Crippen molar-refractivity contribution in [3.05, 3.63) is 53.9 Å². The molecule has 0 fully saturated rings. The minimum atomic E-state index is -4.66. The Balaban J connectivity index is 1.97. The van der Waals surface area contributed by atoms with Crippen molar-refractivity contribution in [1.82, 2.24) is 0 Å². The van der Waals surface area contributed by atoms with Gasteiger partial charge in [0.25, 0.3) is 0 Å². The lowest BCUT2D eigenvalue weighted by Gasteiger charge is -2.09. The third kappa shape index (κ3) is 2.63. The third-order valence-corrected chi connectivity index (χ3v) is 3.78. The number of hydrogen-bond donors (Lipinski definition) is 0. The summed E-state index contributed by atoms with van der Waals surface area (Å²) in [6, 6.07) is 13.8. The number of fused-ring (bicyclic) bond motifs is 1. The average molecular weight is 294 g/mol. The smallest absolute Gasteiger partial charge is 0.406 e. The lowest BCUT2D eigenvalue weighted by molar-refractivity contribution is -0.274. The Labute approximate surface area is 117 Å². The number of halogens is 3. The molecule has 0 saturated heterocycles. The van der Waals surface area contributed by atoms with Crippen LogP contribution >= 0.6 is 11.3 Å². The average Bonchev–Trinajstić information content (AvgIpc) is 2.86. The van der Waals surface area contributed by atoms with Crippen LogP contribution in [-0.4, -0.2) is 6.36 Å². The van der Waals surface area contributed by atoms with E-state index in [9.17, 15) is 13.2 Å². The molecule has 1 nitrogen and oxygen atoms in total. The van der Waals surface area contributed by atoms with Gasteiger partial charge in [0.1, 0.15) is 5.75 Å². The number of benzene rings is 2. The van der Waals surface area contributed by atoms with E-state index in [1.165, 1.54) is 12.1 Å². The number of hydrogen-bond acceptors (Lipinski definition) is 2. The first-order valence-electron chi connectivity index (χ1n) is 5.85. The van der Waals surface area contributed by atoms with E-state index < -0.39 is 6.36 Å². The molecule has 5 heteroatoms. The van der Waals surface area contributed by atoms with Crippen LogP contribution in [0.2, 0.25) is 0 Å². The molecule has 0 radical (unpaired) electrons. The highest BCUT2D eigenvalue weighted by Gasteiger charge is 2.30. The summed E-state index contributed by atoms with van der Waals surface area (Å²) in [5.74, 6) is -0.209. The molecule has 0 spiro atoms. The first kappa shape index (κ1) is 13.0. The monoisotopic (exact) mass is 294 g/mol. The topological polar surface area (TPSA) is 9.23 Å². The molecule has 0 unspecified atom stereocenters. The van der Waals surface area contributed by atoms with E-state index in [0.717, 1.165) is 21.2 Å².